The molecular weight excluding hydrogens is 458 g/mol. The van der Waals surface area contributed by atoms with Crippen molar-refractivity contribution in [1.82, 2.24) is 0 Å². The summed E-state index contributed by atoms with van der Waals surface area (Å²) in [7, 11) is -1.40. The Labute approximate surface area is 212 Å². The first-order chi connectivity index (χ1) is 17.2. The fourth-order valence-electron chi connectivity index (χ4n) is 4.43. The van der Waals surface area contributed by atoms with E-state index < -0.39 is 15.8 Å². The van der Waals surface area contributed by atoms with Gasteiger partial charge >= 0.3 is 0 Å². The molecule has 0 bridgehead atoms. The Morgan fingerprint density at radius 2 is 0.743 bits per heavy atom. The molecule has 0 nitrogen and oxygen atoms in total. The third kappa shape index (κ3) is 5.31. The average molecular weight is 489 g/mol. The summed E-state index contributed by atoms with van der Waals surface area (Å²) in [6.45, 7) is 4.59. The van der Waals surface area contributed by atoms with Gasteiger partial charge in [-0.05, 0) is 65.2 Å². The average Bonchev–Trinajstić information content (AvgIpc) is 2.92. The number of hydrogen-bond donors (Lipinski definition) is 0. The van der Waals surface area contributed by atoms with E-state index in [0.717, 1.165) is 0 Å². The van der Waals surface area contributed by atoms with E-state index in [1.165, 1.54) is 37.4 Å². The number of hydrogen-bond acceptors (Lipinski definition) is 0. The molecule has 0 atom stereocenters. The van der Waals surface area contributed by atoms with Gasteiger partial charge in [-0.25, -0.2) is 0 Å². The van der Waals surface area contributed by atoms with Crippen LogP contribution in [-0.4, -0.2) is 0 Å². The molecule has 5 rings (SSSR count). The van der Waals surface area contributed by atoms with Crippen molar-refractivity contribution < 1.29 is 0 Å². The maximum atomic E-state index is 2.51. The van der Waals surface area contributed by atoms with Gasteiger partial charge in [-0.1, -0.05) is 147 Å². The van der Waals surface area contributed by atoms with E-state index in [1.54, 1.807) is 0 Å². The minimum absolute atomic E-state index is 0.478. The van der Waals surface area contributed by atoms with Crippen LogP contribution in [0.3, 0.4) is 0 Å². The molecule has 2 heteroatoms. The highest BCUT2D eigenvalue weighted by Gasteiger charge is 2.26. The highest BCUT2D eigenvalue weighted by atomic mass is 31.1. The summed E-state index contributed by atoms with van der Waals surface area (Å²) in [6, 6.07) is 51.6. The first-order valence-electron chi connectivity index (χ1n) is 12.2. The van der Waals surface area contributed by atoms with Gasteiger partial charge < -0.3 is 0 Å². The minimum Gasteiger partial charge on any atom is -0.0622 e. The van der Waals surface area contributed by atoms with Crippen LogP contribution in [0.1, 0.15) is 25.3 Å². The molecule has 0 aliphatic rings. The van der Waals surface area contributed by atoms with Gasteiger partial charge in [0, 0.05) is 0 Å². The van der Waals surface area contributed by atoms with Crippen LogP contribution in [-0.2, 0) is 0 Å². The fourth-order valence-corrected chi connectivity index (χ4v) is 9.72. The Balaban J connectivity index is 1.80. The van der Waals surface area contributed by atoms with E-state index in [4.69, 9.17) is 0 Å². The zero-order valence-corrected chi connectivity index (χ0v) is 22.0. The molecule has 0 aliphatic heterocycles. The molecule has 0 unspecified atom stereocenters. The van der Waals surface area contributed by atoms with Crippen LogP contribution in [0, 0.1) is 0 Å². The Bertz CT molecular complexity index is 1270. The van der Waals surface area contributed by atoms with E-state index >= 15 is 0 Å². The Morgan fingerprint density at radius 3 is 1.09 bits per heavy atom. The molecule has 0 aliphatic carbocycles. The molecule has 0 N–H and O–H groups in total. The summed E-state index contributed by atoms with van der Waals surface area (Å²) in [4.78, 5) is 0. The van der Waals surface area contributed by atoms with Gasteiger partial charge in [-0.15, -0.1) is 0 Å². The van der Waals surface area contributed by atoms with E-state index in [-0.39, 0.29) is 0 Å². The van der Waals surface area contributed by atoms with Crippen LogP contribution < -0.4 is 31.8 Å². The maximum absolute atomic E-state index is 2.51. The first kappa shape index (κ1) is 23.7. The van der Waals surface area contributed by atoms with E-state index in [2.05, 4.69) is 153 Å². The molecule has 0 heterocycles. The third-order valence-electron chi connectivity index (χ3n) is 6.21. The molecule has 0 saturated carbocycles. The summed E-state index contributed by atoms with van der Waals surface area (Å²) < 4.78 is 0. The highest BCUT2D eigenvalue weighted by molar-refractivity contribution is 7.85. The molecule has 0 spiro atoms. The minimum atomic E-state index is -0.705. The van der Waals surface area contributed by atoms with Crippen molar-refractivity contribution in [2.45, 2.75) is 19.8 Å². The van der Waals surface area contributed by atoms with Crippen LogP contribution in [0.15, 0.2) is 140 Å². The van der Waals surface area contributed by atoms with Crippen molar-refractivity contribution >= 4 is 47.7 Å². The third-order valence-corrected chi connectivity index (χ3v) is 11.4. The zero-order chi connectivity index (χ0) is 24.0. The standard InChI is InChI=1S/C33H30P2/c1-26(2)27-23-24-32(34(28-15-7-3-8-16-28)29-17-9-4-10-18-29)33(25-27)35(30-19-11-5-12-20-30)31-21-13-6-14-22-31/h3-26H,1-2H3. The smallest absolute Gasteiger partial charge is 0.00647 e. The molecule has 0 aromatic heterocycles. The lowest BCUT2D eigenvalue weighted by atomic mass is 10.0. The van der Waals surface area contributed by atoms with E-state index in [1.807, 2.05) is 0 Å². The Hall–Kier alpha value is -3.04. The quantitative estimate of drug-likeness (QED) is 0.235. The molecular formula is C33H30P2. The lowest BCUT2D eigenvalue weighted by Crippen LogP contribution is -2.35. The SMILES string of the molecule is CC(C)c1ccc(P(c2ccccc2)c2ccccc2)c(P(c2ccccc2)c2ccccc2)c1. The zero-order valence-electron chi connectivity index (χ0n) is 20.3. The number of rotatable bonds is 7. The molecule has 172 valence electrons. The Morgan fingerprint density at radius 1 is 0.400 bits per heavy atom. The van der Waals surface area contributed by atoms with Crippen molar-refractivity contribution in [2.24, 2.45) is 0 Å². The van der Waals surface area contributed by atoms with Crippen molar-refractivity contribution in [2.75, 3.05) is 0 Å². The second-order valence-electron chi connectivity index (χ2n) is 8.92. The summed E-state index contributed by atoms with van der Waals surface area (Å²) in [5.74, 6) is 0.478. The van der Waals surface area contributed by atoms with Crippen LogP contribution in [0.4, 0.5) is 0 Å². The summed E-state index contributed by atoms with van der Waals surface area (Å²) >= 11 is 0. The van der Waals surface area contributed by atoms with Gasteiger partial charge in [0.25, 0.3) is 0 Å². The van der Waals surface area contributed by atoms with Crippen molar-refractivity contribution in [3.8, 4) is 0 Å². The highest BCUT2D eigenvalue weighted by Crippen LogP contribution is 2.39. The van der Waals surface area contributed by atoms with Gasteiger partial charge in [0.15, 0.2) is 0 Å². The Kier molecular flexibility index (Phi) is 7.54. The molecule has 5 aromatic carbocycles. The predicted octanol–water partition coefficient (Wildman–Crippen LogP) is 6.33. The molecule has 0 fully saturated rings. The summed E-state index contributed by atoms with van der Waals surface area (Å²) in [5, 5.41) is 8.51. The first-order valence-corrected chi connectivity index (χ1v) is 14.8. The van der Waals surface area contributed by atoms with Crippen LogP contribution in [0.25, 0.3) is 0 Å². The van der Waals surface area contributed by atoms with Gasteiger partial charge in [-0.2, -0.15) is 0 Å². The van der Waals surface area contributed by atoms with Crippen LogP contribution in [0.2, 0.25) is 0 Å². The van der Waals surface area contributed by atoms with Crippen LogP contribution in [0.5, 0.6) is 0 Å². The topological polar surface area (TPSA) is 0 Å². The molecule has 0 radical (unpaired) electrons. The van der Waals surface area contributed by atoms with Gasteiger partial charge in [-0.3, -0.25) is 0 Å². The molecule has 5 aromatic rings. The van der Waals surface area contributed by atoms with Crippen molar-refractivity contribution in [3.63, 3.8) is 0 Å². The molecule has 0 amide bonds. The summed E-state index contributed by atoms with van der Waals surface area (Å²) in [5.41, 5.74) is 1.40. The predicted molar refractivity (Wildman–Crippen MR) is 158 cm³/mol. The van der Waals surface area contributed by atoms with Gasteiger partial charge in [0.1, 0.15) is 0 Å². The second kappa shape index (κ2) is 11.1. The number of benzene rings is 5. The maximum Gasteiger partial charge on any atom is -0.00647 e. The van der Waals surface area contributed by atoms with E-state index in [0.29, 0.717) is 5.92 Å². The largest absolute Gasteiger partial charge is 0.0622 e. The normalized spacial score (nSPS) is 11.3. The molecule has 35 heavy (non-hydrogen) atoms. The monoisotopic (exact) mass is 488 g/mol. The fraction of sp³-hybridized carbons (Fsp3) is 0.0909. The van der Waals surface area contributed by atoms with E-state index in [9.17, 15) is 0 Å². The van der Waals surface area contributed by atoms with Gasteiger partial charge in [0.2, 0.25) is 0 Å². The van der Waals surface area contributed by atoms with Crippen LogP contribution >= 0.6 is 15.8 Å². The van der Waals surface area contributed by atoms with Gasteiger partial charge in [0.05, 0.1) is 0 Å². The second-order valence-corrected chi connectivity index (χ2v) is 13.3. The molecule has 0 saturated heterocycles. The lowest BCUT2D eigenvalue weighted by Gasteiger charge is -2.28. The van der Waals surface area contributed by atoms with Crippen molar-refractivity contribution in [3.05, 3.63) is 145 Å². The summed E-state index contributed by atoms with van der Waals surface area (Å²) in [6.07, 6.45) is 0. The van der Waals surface area contributed by atoms with Crippen molar-refractivity contribution in [1.29, 1.82) is 0 Å². The lowest BCUT2D eigenvalue weighted by molar-refractivity contribution is 0.868.